The molecule has 0 fully saturated rings. The number of fused-ring (bicyclic) bond motifs is 1. The van der Waals surface area contributed by atoms with Gasteiger partial charge in [-0.3, -0.25) is 0 Å². The number of hydrogen-bond donors (Lipinski definition) is 0. The Morgan fingerprint density at radius 3 is 1.86 bits per heavy atom. The highest BCUT2D eigenvalue weighted by molar-refractivity contribution is 5.89. The molecule has 0 amide bonds. The van der Waals surface area contributed by atoms with Crippen LogP contribution in [0.4, 0.5) is 11.4 Å². The molecular weight excluding hydrogens is 452 g/mol. The number of nitrogens with zero attached hydrogens (tertiary/aromatic N) is 4. The lowest BCUT2D eigenvalue weighted by atomic mass is 10.0. The van der Waals surface area contributed by atoms with Crippen molar-refractivity contribution in [2.45, 2.75) is 6.92 Å². The summed E-state index contributed by atoms with van der Waals surface area (Å²) < 4.78 is 2.17. The molecule has 0 bridgehead atoms. The van der Waals surface area contributed by atoms with Crippen LogP contribution in [0.3, 0.4) is 0 Å². The molecule has 0 saturated heterocycles. The average molecular weight is 481 g/mol. The van der Waals surface area contributed by atoms with Crippen LogP contribution < -0.4 is 4.90 Å². The zero-order chi connectivity index (χ0) is 25.4. The van der Waals surface area contributed by atoms with Crippen molar-refractivity contribution in [2.75, 3.05) is 11.9 Å². The van der Waals surface area contributed by atoms with Gasteiger partial charge in [-0.2, -0.15) is 0 Å². The summed E-state index contributed by atoms with van der Waals surface area (Å²) in [6.07, 6.45) is 0. The quantitative estimate of drug-likeness (QED) is 0.250. The second kappa shape index (κ2) is 9.40. The van der Waals surface area contributed by atoms with Gasteiger partial charge in [0.2, 0.25) is 0 Å². The molecule has 2 heterocycles. The Morgan fingerprint density at radius 2 is 1.14 bits per heavy atom. The van der Waals surface area contributed by atoms with E-state index in [1.807, 2.05) is 6.07 Å². The van der Waals surface area contributed by atoms with E-state index in [1.54, 1.807) is 0 Å². The van der Waals surface area contributed by atoms with Crippen LogP contribution >= 0.6 is 0 Å². The van der Waals surface area contributed by atoms with Crippen LogP contribution in [0.25, 0.3) is 44.9 Å². The highest BCUT2D eigenvalue weighted by atomic mass is 15.1. The first kappa shape index (κ1) is 22.7. The number of anilines is 2. The number of rotatable bonds is 5. The summed E-state index contributed by atoms with van der Waals surface area (Å²) in [6, 6.07) is 39.8. The number of aryl methyl sites for hydroxylation is 2. The van der Waals surface area contributed by atoms with Gasteiger partial charge >= 0.3 is 0 Å². The predicted octanol–water partition coefficient (Wildman–Crippen LogP) is 8.05. The van der Waals surface area contributed by atoms with Crippen LogP contribution in [-0.2, 0) is 7.05 Å². The van der Waals surface area contributed by atoms with Crippen LogP contribution in [0.15, 0.2) is 115 Å². The Morgan fingerprint density at radius 1 is 0.568 bits per heavy atom. The summed E-state index contributed by atoms with van der Waals surface area (Å²) >= 11 is 0. The molecular formula is C33H28N4. The van der Waals surface area contributed by atoms with Gasteiger partial charge < -0.3 is 9.47 Å². The van der Waals surface area contributed by atoms with Crippen LogP contribution in [0.1, 0.15) is 5.56 Å². The van der Waals surface area contributed by atoms with Gasteiger partial charge in [0, 0.05) is 30.8 Å². The Bertz CT molecular complexity index is 1730. The first-order valence-electron chi connectivity index (χ1n) is 12.5. The van der Waals surface area contributed by atoms with Crippen LogP contribution in [0, 0.1) is 6.92 Å². The van der Waals surface area contributed by atoms with Gasteiger partial charge in [0.05, 0.1) is 33.8 Å². The minimum absolute atomic E-state index is 0.945. The molecule has 6 rings (SSSR count). The number of pyridine rings is 1. The summed E-state index contributed by atoms with van der Waals surface area (Å²) in [6.45, 7) is 2.13. The van der Waals surface area contributed by atoms with Crippen molar-refractivity contribution < 1.29 is 0 Å². The zero-order valence-electron chi connectivity index (χ0n) is 21.3. The zero-order valence-corrected chi connectivity index (χ0v) is 21.3. The largest absolute Gasteiger partial charge is 0.343 e. The number of para-hydroxylation sites is 4. The number of aromatic nitrogens is 3. The van der Waals surface area contributed by atoms with Gasteiger partial charge in [0.15, 0.2) is 0 Å². The third-order valence-electron chi connectivity index (χ3n) is 7.00. The second-order valence-corrected chi connectivity index (χ2v) is 9.30. The molecule has 2 aromatic heterocycles. The SMILES string of the molecule is Cc1ccccc1-c1cccc(-c2ccccc2N(C)c2ccccc2-c2nc3ccccc3n2C)n1. The summed E-state index contributed by atoms with van der Waals surface area (Å²) in [5.41, 5.74) is 10.8. The Labute approximate surface area is 217 Å². The fourth-order valence-electron chi connectivity index (χ4n) is 5.05. The molecule has 180 valence electrons. The normalized spacial score (nSPS) is 11.1. The molecule has 0 spiro atoms. The van der Waals surface area contributed by atoms with Gasteiger partial charge in [-0.15, -0.1) is 0 Å². The average Bonchev–Trinajstić information content (AvgIpc) is 3.29. The molecule has 0 aliphatic rings. The van der Waals surface area contributed by atoms with E-state index in [2.05, 4.69) is 140 Å². The van der Waals surface area contributed by atoms with E-state index < -0.39 is 0 Å². The second-order valence-electron chi connectivity index (χ2n) is 9.30. The fraction of sp³-hybridized carbons (Fsp3) is 0.0909. The predicted molar refractivity (Wildman–Crippen MR) is 154 cm³/mol. The van der Waals surface area contributed by atoms with Crippen molar-refractivity contribution in [3.05, 3.63) is 121 Å². The van der Waals surface area contributed by atoms with Crippen molar-refractivity contribution in [3.8, 4) is 33.9 Å². The van der Waals surface area contributed by atoms with Crippen molar-refractivity contribution in [3.63, 3.8) is 0 Å². The van der Waals surface area contributed by atoms with Crippen molar-refractivity contribution >= 4 is 22.4 Å². The lowest BCUT2D eigenvalue weighted by Gasteiger charge is -2.25. The third-order valence-corrected chi connectivity index (χ3v) is 7.00. The molecule has 0 aliphatic carbocycles. The van der Waals surface area contributed by atoms with Gasteiger partial charge in [-0.25, -0.2) is 9.97 Å². The van der Waals surface area contributed by atoms with E-state index in [1.165, 1.54) is 5.56 Å². The van der Waals surface area contributed by atoms with Gasteiger partial charge in [-0.1, -0.05) is 72.8 Å². The molecule has 0 aliphatic heterocycles. The number of imidazole rings is 1. The molecule has 37 heavy (non-hydrogen) atoms. The highest BCUT2D eigenvalue weighted by Crippen LogP contribution is 2.39. The molecule has 4 aromatic carbocycles. The van der Waals surface area contributed by atoms with E-state index in [-0.39, 0.29) is 0 Å². The first-order chi connectivity index (χ1) is 18.1. The van der Waals surface area contributed by atoms with E-state index in [4.69, 9.17) is 9.97 Å². The number of hydrogen-bond acceptors (Lipinski definition) is 3. The Balaban J connectivity index is 1.46. The lowest BCUT2D eigenvalue weighted by molar-refractivity contribution is 0.958. The van der Waals surface area contributed by atoms with Gasteiger partial charge in [-0.05, 0) is 55.0 Å². The van der Waals surface area contributed by atoms with E-state index >= 15 is 0 Å². The maximum atomic E-state index is 5.09. The van der Waals surface area contributed by atoms with Gasteiger partial charge in [0.25, 0.3) is 0 Å². The van der Waals surface area contributed by atoms with Crippen LogP contribution in [0.2, 0.25) is 0 Å². The number of benzene rings is 4. The van der Waals surface area contributed by atoms with Gasteiger partial charge in [0.1, 0.15) is 5.82 Å². The highest BCUT2D eigenvalue weighted by Gasteiger charge is 2.19. The maximum Gasteiger partial charge on any atom is 0.142 e. The fourth-order valence-corrected chi connectivity index (χ4v) is 5.05. The first-order valence-corrected chi connectivity index (χ1v) is 12.5. The lowest BCUT2D eigenvalue weighted by Crippen LogP contribution is -2.12. The molecule has 0 radical (unpaired) electrons. The minimum atomic E-state index is 0.945. The molecule has 0 atom stereocenters. The van der Waals surface area contributed by atoms with E-state index in [0.717, 1.165) is 56.3 Å². The monoisotopic (exact) mass is 480 g/mol. The molecule has 6 aromatic rings. The summed E-state index contributed by atoms with van der Waals surface area (Å²) in [4.78, 5) is 12.3. The minimum Gasteiger partial charge on any atom is -0.343 e. The maximum absolute atomic E-state index is 5.09. The van der Waals surface area contributed by atoms with Crippen LogP contribution in [0.5, 0.6) is 0 Å². The van der Waals surface area contributed by atoms with E-state index in [9.17, 15) is 0 Å². The molecule has 0 N–H and O–H groups in total. The van der Waals surface area contributed by atoms with Crippen molar-refractivity contribution in [1.29, 1.82) is 0 Å². The van der Waals surface area contributed by atoms with Crippen molar-refractivity contribution in [2.24, 2.45) is 7.05 Å². The van der Waals surface area contributed by atoms with Crippen molar-refractivity contribution in [1.82, 2.24) is 14.5 Å². The third kappa shape index (κ3) is 4.07. The summed E-state index contributed by atoms with van der Waals surface area (Å²) in [5.74, 6) is 0.945. The topological polar surface area (TPSA) is 34.0 Å². The van der Waals surface area contributed by atoms with E-state index in [0.29, 0.717) is 0 Å². The Kier molecular flexibility index (Phi) is 5.78. The molecule has 0 unspecified atom stereocenters. The van der Waals surface area contributed by atoms with Crippen LogP contribution in [-0.4, -0.2) is 21.6 Å². The standard InChI is InChI=1S/C33H28N4/c1-23-13-4-5-14-24(23)27-18-12-19-28(34-27)25-15-6-9-20-30(25)36(2)31-21-10-7-16-26(31)33-35-29-17-8-11-22-32(29)37(33)3/h4-22H,1-3H3. The summed E-state index contributed by atoms with van der Waals surface area (Å²) in [7, 11) is 4.20. The Hall–Kier alpha value is -4.70. The molecule has 4 heteroatoms. The summed E-state index contributed by atoms with van der Waals surface area (Å²) in [5, 5.41) is 0. The smallest absolute Gasteiger partial charge is 0.142 e. The molecule has 4 nitrogen and oxygen atoms in total. The molecule has 0 saturated carbocycles.